The van der Waals surface area contributed by atoms with Crippen LogP contribution in [0.3, 0.4) is 0 Å². The number of aryl methyl sites for hydroxylation is 1. The van der Waals surface area contributed by atoms with Crippen LogP contribution in [0.4, 0.5) is 5.82 Å². The van der Waals surface area contributed by atoms with Gasteiger partial charge in [0.1, 0.15) is 18.5 Å². The number of hydrogen-bond acceptors (Lipinski definition) is 5. The minimum atomic E-state index is -0.193. The van der Waals surface area contributed by atoms with E-state index in [0.717, 1.165) is 17.1 Å². The number of aromatic nitrogens is 3. The summed E-state index contributed by atoms with van der Waals surface area (Å²) in [6.45, 7) is 3.85. The number of hydrogen-bond donors (Lipinski definition) is 0. The highest BCUT2D eigenvalue weighted by atomic mass is 16.5. The van der Waals surface area contributed by atoms with Crippen LogP contribution in [0.5, 0.6) is 0 Å². The molecule has 1 aliphatic heterocycles. The Balaban J connectivity index is 1.67. The molecule has 0 N–H and O–H groups in total. The number of anilines is 1. The summed E-state index contributed by atoms with van der Waals surface area (Å²) in [6.07, 6.45) is 3.44. The van der Waals surface area contributed by atoms with Crippen LogP contribution in [-0.4, -0.2) is 59.4 Å². The van der Waals surface area contributed by atoms with Gasteiger partial charge >= 0.3 is 0 Å². The van der Waals surface area contributed by atoms with E-state index in [-0.39, 0.29) is 18.6 Å². The van der Waals surface area contributed by atoms with Crippen molar-refractivity contribution < 1.29 is 9.53 Å². The van der Waals surface area contributed by atoms with Gasteiger partial charge in [0.15, 0.2) is 0 Å². The van der Waals surface area contributed by atoms with Crippen molar-refractivity contribution in [2.45, 2.75) is 19.6 Å². The van der Waals surface area contributed by atoms with Gasteiger partial charge in [-0.2, -0.15) is 5.10 Å². The van der Waals surface area contributed by atoms with Gasteiger partial charge in [-0.25, -0.2) is 4.98 Å². The fourth-order valence-electron chi connectivity index (χ4n) is 2.71. The van der Waals surface area contributed by atoms with Crippen LogP contribution in [0.25, 0.3) is 0 Å². The van der Waals surface area contributed by atoms with Crippen LogP contribution < -0.4 is 4.90 Å². The summed E-state index contributed by atoms with van der Waals surface area (Å²) >= 11 is 0. The van der Waals surface area contributed by atoms with Gasteiger partial charge in [0, 0.05) is 26.8 Å². The maximum atomic E-state index is 12.5. The Bertz CT molecular complexity index is 713. The average molecular weight is 329 g/mol. The molecular weight excluding hydrogens is 306 g/mol. The predicted molar refractivity (Wildman–Crippen MR) is 90.8 cm³/mol. The first-order chi connectivity index (χ1) is 11.5. The smallest absolute Gasteiger partial charge is 0.244 e. The lowest BCUT2D eigenvalue weighted by atomic mass is 10.2. The number of nitrogens with zero attached hydrogens (tertiary/aromatic N) is 5. The van der Waals surface area contributed by atoms with Gasteiger partial charge in [0.2, 0.25) is 5.91 Å². The van der Waals surface area contributed by atoms with Crippen molar-refractivity contribution in [2.24, 2.45) is 0 Å². The molecule has 1 fully saturated rings. The van der Waals surface area contributed by atoms with Crippen molar-refractivity contribution in [3.05, 3.63) is 41.9 Å². The Labute approximate surface area is 141 Å². The van der Waals surface area contributed by atoms with Gasteiger partial charge in [-0.3, -0.25) is 9.48 Å². The highest BCUT2D eigenvalue weighted by Crippen LogP contribution is 2.22. The SMILES string of the molecule is Cc1cnn(CC(=O)N2CCOC(c3cccc(N(C)C)n3)C2)c1. The Kier molecular flexibility index (Phi) is 4.80. The monoisotopic (exact) mass is 329 g/mol. The molecule has 128 valence electrons. The first-order valence-electron chi connectivity index (χ1n) is 8.05. The van der Waals surface area contributed by atoms with Gasteiger partial charge in [-0.15, -0.1) is 0 Å². The first kappa shape index (κ1) is 16.4. The Morgan fingerprint density at radius 2 is 2.25 bits per heavy atom. The number of morpholine rings is 1. The van der Waals surface area contributed by atoms with E-state index < -0.39 is 0 Å². The molecule has 7 heteroatoms. The van der Waals surface area contributed by atoms with Crippen LogP contribution in [0.2, 0.25) is 0 Å². The summed E-state index contributed by atoms with van der Waals surface area (Å²) in [5, 5.41) is 4.18. The van der Waals surface area contributed by atoms with Crippen molar-refractivity contribution in [3.63, 3.8) is 0 Å². The Hall–Kier alpha value is -2.41. The molecular formula is C17H23N5O2. The van der Waals surface area contributed by atoms with Gasteiger partial charge in [-0.05, 0) is 24.6 Å². The van der Waals surface area contributed by atoms with E-state index in [2.05, 4.69) is 10.1 Å². The molecule has 1 aliphatic rings. The summed E-state index contributed by atoms with van der Waals surface area (Å²) in [7, 11) is 3.91. The number of carbonyl (C=O) groups excluding carboxylic acids is 1. The lowest BCUT2D eigenvalue weighted by Gasteiger charge is -2.33. The molecule has 0 bridgehead atoms. The lowest BCUT2D eigenvalue weighted by molar-refractivity contribution is -0.140. The second-order valence-corrected chi connectivity index (χ2v) is 6.23. The third-order valence-corrected chi connectivity index (χ3v) is 4.02. The molecule has 1 unspecified atom stereocenters. The number of rotatable bonds is 4. The topological polar surface area (TPSA) is 63.5 Å². The molecule has 0 aromatic carbocycles. The van der Waals surface area contributed by atoms with Gasteiger partial charge < -0.3 is 14.5 Å². The highest BCUT2D eigenvalue weighted by Gasteiger charge is 2.26. The van der Waals surface area contributed by atoms with Crippen molar-refractivity contribution in [1.82, 2.24) is 19.7 Å². The van der Waals surface area contributed by atoms with Gasteiger partial charge in [0.05, 0.1) is 25.0 Å². The van der Waals surface area contributed by atoms with E-state index in [0.29, 0.717) is 19.7 Å². The van der Waals surface area contributed by atoms with Crippen molar-refractivity contribution >= 4 is 11.7 Å². The van der Waals surface area contributed by atoms with E-state index >= 15 is 0 Å². The largest absolute Gasteiger partial charge is 0.368 e. The normalized spacial score (nSPS) is 17.8. The van der Waals surface area contributed by atoms with E-state index in [1.807, 2.05) is 55.2 Å². The molecule has 0 aliphatic carbocycles. The third-order valence-electron chi connectivity index (χ3n) is 4.02. The van der Waals surface area contributed by atoms with E-state index in [1.165, 1.54) is 0 Å². The minimum Gasteiger partial charge on any atom is -0.368 e. The van der Waals surface area contributed by atoms with Gasteiger partial charge in [-0.1, -0.05) is 6.07 Å². The van der Waals surface area contributed by atoms with E-state index in [9.17, 15) is 4.79 Å². The maximum Gasteiger partial charge on any atom is 0.244 e. The number of pyridine rings is 1. The zero-order chi connectivity index (χ0) is 17.1. The van der Waals surface area contributed by atoms with Crippen molar-refractivity contribution in [2.75, 3.05) is 38.7 Å². The average Bonchev–Trinajstić information content (AvgIpc) is 3.00. The molecule has 1 atom stereocenters. The second-order valence-electron chi connectivity index (χ2n) is 6.23. The molecule has 0 saturated carbocycles. The highest BCUT2D eigenvalue weighted by molar-refractivity contribution is 5.76. The molecule has 2 aromatic heterocycles. The van der Waals surface area contributed by atoms with Crippen LogP contribution in [0.1, 0.15) is 17.4 Å². The molecule has 0 spiro atoms. The zero-order valence-corrected chi connectivity index (χ0v) is 14.3. The standard InChI is InChI=1S/C17H23N5O2/c1-13-9-18-22(10-13)12-17(23)21-7-8-24-15(11-21)14-5-4-6-16(19-14)20(2)3/h4-6,9-10,15H,7-8,11-12H2,1-3H3. The minimum absolute atomic E-state index is 0.0511. The molecule has 24 heavy (non-hydrogen) atoms. The predicted octanol–water partition coefficient (Wildman–Crippen LogP) is 1.25. The number of carbonyl (C=O) groups is 1. The Morgan fingerprint density at radius 3 is 2.96 bits per heavy atom. The molecule has 1 amide bonds. The quantitative estimate of drug-likeness (QED) is 0.845. The maximum absolute atomic E-state index is 12.5. The molecule has 2 aromatic rings. The molecule has 7 nitrogen and oxygen atoms in total. The fraction of sp³-hybridized carbons (Fsp3) is 0.471. The zero-order valence-electron chi connectivity index (χ0n) is 14.3. The van der Waals surface area contributed by atoms with Gasteiger partial charge in [0.25, 0.3) is 0 Å². The van der Waals surface area contributed by atoms with Crippen LogP contribution >= 0.6 is 0 Å². The number of amides is 1. The lowest BCUT2D eigenvalue weighted by Crippen LogP contribution is -2.44. The summed E-state index contributed by atoms with van der Waals surface area (Å²) in [6, 6.07) is 5.87. The van der Waals surface area contributed by atoms with Crippen LogP contribution in [0, 0.1) is 6.92 Å². The molecule has 1 saturated heterocycles. The van der Waals surface area contributed by atoms with Crippen molar-refractivity contribution in [3.8, 4) is 0 Å². The molecule has 0 radical (unpaired) electrons. The summed E-state index contributed by atoms with van der Waals surface area (Å²) < 4.78 is 7.51. The third kappa shape index (κ3) is 3.73. The summed E-state index contributed by atoms with van der Waals surface area (Å²) in [5.41, 5.74) is 1.90. The van der Waals surface area contributed by atoms with E-state index in [4.69, 9.17) is 4.74 Å². The number of ether oxygens (including phenoxy) is 1. The first-order valence-corrected chi connectivity index (χ1v) is 8.05. The van der Waals surface area contributed by atoms with E-state index in [1.54, 1.807) is 10.9 Å². The summed E-state index contributed by atoms with van der Waals surface area (Å²) in [5.74, 6) is 0.932. The second kappa shape index (κ2) is 7.00. The van der Waals surface area contributed by atoms with Crippen LogP contribution in [-0.2, 0) is 16.1 Å². The van der Waals surface area contributed by atoms with Crippen LogP contribution in [0.15, 0.2) is 30.6 Å². The fourth-order valence-corrected chi connectivity index (χ4v) is 2.71. The summed E-state index contributed by atoms with van der Waals surface area (Å²) in [4.78, 5) is 20.9. The Morgan fingerprint density at radius 1 is 1.42 bits per heavy atom. The molecule has 3 heterocycles. The molecule has 3 rings (SSSR count). The van der Waals surface area contributed by atoms with Crippen molar-refractivity contribution in [1.29, 1.82) is 0 Å².